The largest absolute Gasteiger partial charge is 0.497 e. The number of aliphatic hydroxyl groups excluding tert-OH is 1. The number of amides is 3. The molecule has 2 aromatic carbocycles. The number of urea groups is 1. The van der Waals surface area contributed by atoms with Crippen LogP contribution in [0.5, 0.6) is 11.5 Å². The van der Waals surface area contributed by atoms with E-state index in [1.165, 1.54) is 4.90 Å². The first-order chi connectivity index (χ1) is 15.9. The fourth-order valence-corrected chi connectivity index (χ4v) is 4.31. The van der Waals surface area contributed by atoms with Crippen molar-refractivity contribution in [2.24, 2.45) is 0 Å². The molecule has 0 radical (unpaired) electrons. The number of methoxy groups -OCH3 is 1. The van der Waals surface area contributed by atoms with E-state index in [4.69, 9.17) is 14.2 Å². The third-order valence-corrected chi connectivity index (χ3v) is 6.01. The van der Waals surface area contributed by atoms with Gasteiger partial charge in [0, 0.05) is 37.0 Å². The number of ether oxygens (including phenoxy) is 3. The second-order valence-corrected chi connectivity index (χ2v) is 8.46. The van der Waals surface area contributed by atoms with Crippen LogP contribution in [-0.4, -0.2) is 68.1 Å². The second-order valence-electron chi connectivity index (χ2n) is 8.46. The van der Waals surface area contributed by atoms with Gasteiger partial charge in [-0.2, -0.15) is 0 Å². The van der Waals surface area contributed by atoms with E-state index >= 15 is 0 Å². The number of hydrogen-bond donors (Lipinski definition) is 3. The smallest absolute Gasteiger partial charge is 0.323 e. The van der Waals surface area contributed by atoms with Crippen molar-refractivity contribution in [3.63, 3.8) is 0 Å². The predicted molar refractivity (Wildman–Crippen MR) is 123 cm³/mol. The van der Waals surface area contributed by atoms with Crippen LogP contribution in [0.4, 0.5) is 16.2 Å². The maximum Gasteiger partial charge on any atom is 0.323 e. The summed E-state index contributed by atoms with van der Waals surface area (Å²) in [7, 11) is 5.00. The molecule has 2 aliphatic rings. The van der Waals surface area contributed by atoms with Crippen molar-refractivity contribution < 1.29 is 28.9 Å². The Balaban J connectivity index is 1.46. The molecule has 2 aromatic rings. The molecule has 1 fully saturated rings. The van der Waals surface area contributed by atoms with E-state index in [0.717, 1.165) is 5.56 Å². The van der Waals surface area contributed by atoms with Gasteiger partial charge in [0.15, 0.2) is 0 Å². The Kier molecular flexibility index (Phi) is 6.71. The van der Waals surface area contributed by atoms with Gasteiger partial charge in [0.25, 0.3) is 0 Å². The van der Waals surface area contributed by atoms with Crippen LogP contribution in [0.1, 0.15) is 24.3 Å². The van der Waals surface area contributed by atoms with Crippen LogP contribution >= 0.6 is 0 Å². The van der Waals surface area contributed by atoms with Gasteiger partial charge in [-0.3, -0.25) is 4.79 Å². The Bertz CT molecular complexity index is 1010. The van der Waals surface area contributed by atoms with Crippen molar-refractivity contribution >= 4 is 23.3 Å². The summed E-state index contributed by atoms with van der Waals surface area (Å²) in [5, 5.41) is 15.5. The average Bonchev–Trinajstić information content (AvgIpc) is 3.17. The van der Waals surface area contributed by atoms with E-state index in [1.54, 1.807) is 51.5 Å². The van der Waals surface area contributed by atoms with Gasteiger partial charge in [0.2, 0.25) is 5.91 Å². The molecule has 2 aliphatic heterocycles. The Hall–Kier alpha value is -3.30. The highest BCUT2D eigenvalue weighted by Crippen LogP contribution is 2.47. The SMILES string of the molecule is COc1ccc(NC(=O)Nc2ccc3c(c2)[C@@H]2C[C@H](CC(=O)N(C)C)O[C@H](CO)[C@@H]2O3)cc1. The standard InChI is InChI=1S/C24H29N3O6/c1-27(2)22(29)12-17-11-19-18-10-15(6-9-20(18)33-23(19)21(13-28)32-17)26-24(30)25-14-4-7-16(31-3)8-5-14/h4-10,17,19,21,23,28H,11-13H2,1-3H3,(H2,25,26,30)/t17-,19+,21-,23-/m1/s1. The van der Waals surface area contributed by atoms with Gasteiger partial charge in [-0.15, -0.1) is 0 Å². The van der Waals surface area contributed by atoms with Crippen LogP contribution in [0.2, 0.25) is 0 Å². The Morgan fingerprint density at radius 3 is 2.48 bits per heavy atom. The van der Waals surface area contributed by atoms with Crippen molar-refractivity contribution in [2.45, 2.75) is 37.1 Å². The third kappa shape index (κ3) is 5.04. The lowest BCUT2D eigenvalue weighted by Gasteiger charge is -2.37. The highest BCUT2D eigenvalue weighted by molar-refractivity contribution is 5.99. The number of rotatable bonds is 6. The van der Waals surface area contributed by atoms with Crippen LogP contribution in [0, 0.1) is 0 Å². The van der Waals surface area contributed by atoms with Gasteiger partial charge >= 0.3 is 6.03 Å². The van der Waals surface area contributed by atoms with E-state index in [0.29, 0.717) is 29.3 Å². The second kappa shape index (κ2) is 9.68. The van der Waals surface area contributed by atoms with Gasteiger partial charge in [0.05, 0.1) is 26.2 Å². The Labute approximate surface area is 192 Å². The van der Waals surface area contributed by atoms with Crippen LogP contribution in [0.25, 0.3) is 0 Å². The lowest BCUT2D eigenvalue weighted by Crippen LogP contribution is -2.47. The number of nitrogens with zero attached hydrogens (tertiary/aromatic N) is 1. The maximum absolute atomic E-state index is 12.5. The molecule has 4 rings (SSSR count). The lowest BCUT2D eigenvalue weighted by atomic mass is 9.84. The third-order valence-electron chi connectivity index (χ3n) is 6.01. The Morgan fingerprint density at radius 2 is 1.82 bits per heavy atom. The van der Waals surface area contributed by atoms with Gasteiger partial charge in [-0.05, 0) is 48.9 Å². The molecule has 0 unspecified atom stereocenters. The zero-order valence-corrected chi connectivity index (χ0v) is 18.9. The van der Waals surface area contributed by atoms with Crippen molar-refractivity contribution in [3.05, 3.63) is 48.0 Å². The molecule has 1 saturated heterocycles. The van der Waals surface area contributed by atoms with Gasteiger partial charge < -0.3 is 34.9 Å². The van der Waals surface area contributed by atoms with E-state index in [9.17, 15) is 14.7 Å². The molecule has 33 heavy (non-hydrogen) atoms. The molecule has 0 aliphatic carbocycles. The first-order valence-electron chi connectivity index (χ1n) is 10.9. The summed E-state index contributed by atoms with van der Waals surface area (Å²) in [6, 6.07) is 12.1. The molecule has 0 bridgehead atoms. The maximum atomic E-state index is 12.5. The molecule has 3 amide bonds. The van der Waals surface area contributed by atoms with Crippen LogP contribution in [0.15, 0.2) is 42.5 Å². The summed E-state index contributed by atoms with van der Waals surface area (Å²) in [5.74, 6) is 1.34. The number of carbonyl (C=O) groups excluding carboxylic acids is 2. The fourth-order valence-electron chi connectivity index (χ4n) is 4.31. The summed E-state index contributed by atoms with van der Waals surface area (Å²) >= 11 is 0. The monoisotopic (exact) mass is 455 g/mol. The number of carbonyl (C=O) groups is 2. The number of hydrogen-bond acceptors (Lipinski definition) is 6. The molecule has 3 N–H and O–H groups in total. The predicted octanol–water partition coefficient (Wildman–Crippen LogP) is 2.81. The van der Waals surface area contributed by atoms with Crippen LogP contribution in [-0.2, 0) is 9.53 Å². The van der Waals surface area contributed by atoms with E-state index in [1.807, 2.05) is 12.1 Å². The van der Waals surface area contributed by atoms with Crippen LogP contribution in [0.3, 0.4) is 0 Å². The quantitative estimate of drug-likeness (QED) is 0.618. The van der Waals surface area contributed by atoms with Crippen molar-refractivity contribution in [2.75, 3.05) is 38.4 Å². The highest BCUT2D eigenvalue weighted by Gasteiger charge is 2.46. The van der Waals surface area contributed by atoms with Gasteiger partial charge in [-0.25, -0.2) is 4.79 Å². The average molecular weight is 456 g/mol. The number of benzene rings is 2. The zero-order valence-electron chi connectivity index (χ0n) is 18.9. The highest BCUT2D eigenvalue weighted by atomic mass is 16.6. The van der Waals surface area contributed by atoms with E-state index in [2.05, 4.69) is 10.6 Å². The molecular weight excluding hydrogens is 426 g/mol. The summed E-state index contributed by atoms with van der Waals surface area (Å²) in [5.41, 5.74) is 2.20. The first kappa shape index (κ1) is 22.9. The van der Waals surface area contributed by atoms with Gasteiger partial charge in [0.1, 0.15) is 23.7 Å². The molecule has 2 heterocycles. The normalized spacial score (nSPS) is 23.0. The number of anilines is 2. The summed E-state index contributed by atoms with van der Waals surface area (Å²) in [4.78, 5) is 26.2. The number of nitrogens with one attached hydrogen (secondary N) is 2. The lowest BCUT2D eigenvalue weighted by molar-refractivity contribution is -0.147. The molecule has 0 aromatic heterocycles. The minimum Gasteiger partial charge on any atom is -0.497 e. The Morgan fingerprint density at radius 1 is 1.12 bits per heavy atom. The van der Waals surface area contributed by atoms with Crippen LogP contribution < -0.4 is 20.1 Å². The first-order valence-corrected chi connectivity index (χ1v) is 10.9. The number of fused-ring (bicyclic) bond motifs is 3. The summed E-state index contributed by atoms with van der Waals surface area (Å²) in [6.07, 6.45) is -0.340. The van der Waals surface area contributed by atoms with Crippen molar-refractivity contribution in [3.8, 4) is 11.5 Å². The molecular formula is C24H29N3O6. The molecule has 9 heteroatoms. The van der Waals surface area contributed by atoms with Crippen molar-refractivity contribution in [1.29, 1.82) is 0 Å². The zero-order chi connectivity index (χ0) is 23.5. The topological polar surface area (TPSA) is 109 Å². The molecule has 176 valence electrons. The summed E-state index contributed by atoms with van der Waals surface area (Å²) in [6.45, 7) is -0.197. The van der Waals surface area contributed by atoms with E-state index in [-0.39, 0.29) is 43.1 Å². The minimum absolute atomic E-state index is 0.0279. The summed E-state index contributed by atoms with van der Waals surface area (Å²) < 4.78 is 17.2. The van der Waals surface area contributed by atoms with Gasteiger partial charge in [-0.1, -0.05) is 0 Å². The molecule has 0 spiro atoms. The molecule has 9 nitrogen and oxygen atoms in total. The molecule has 0 saturated carbocycles. The van der Waals surface area contributed by atoms with Crippen molar-refractivity contribution in [1.82, 2.24) is 4.90 Å². The fraction of sp³-hybridized carbons (Fsp3) is 0.417. The minimum atomic E-state index is -0.522. The molecule has 4 atom stereocenters. The van der Waals surface area contributed by atoms with E-state index < -0.39 is 6.10 Å². The number of aliphatic hydroxyl groups is 1.